The predicted molar refractivity (Wildman–Crippen MR) is 126 cm³/mol. The Bertz CT molecular complexity index is 1520. The Hall–Kier alpha value is -4.60. The highest BCUT2D eigenvalue weighted by molar-refractivity contribution is 6.05. The van der Waals surface area contributed by atoms with E-state index in [9.17, 15) is 9.18 Å². The summed E-state index contributed by atoms with van der Waals surface area (Å²) in [6.07, 6.45) is 4.84. The van der Waals surface area contributed by atoms with E-state index in [1.807, 2.05) is 13.0 Å². The molecule has 0 atom stereocenters. The molecular formula is C24H21FN8O. The van der Waals surface area contributed by atoms with Crippen LogP contribution in [0.25, 0.3) is 16.8 Å². The minimum Gasteiger partial charge on any atom is -0.382 e. The zero-order valence-electron chi connectivity index (χ0n) is 18.5. The van der Waals surface area contributed by atoms with Gasteiger partial charge in [0.25, 0.3) is 5.91 Å². The Morgan fingerprint density at radius 3 is 2.71 bits per heavy atom. The van der Waals surface area contributed by atoms with Crippen LogP contribution in [-0.4, -0.2) is 35.3 Å². The van der Waals surface area contributed by atoms with Crippen LogP contribution < -0.4 is 11.1 Å². The fraction of sp³-hybridized carbons (Fsp3) is 0.125. The zero-order chi connectivity index (χ0) is 23.8. The van der Waals surface area contributed by atoms with Gasteiger partial charge < -0.3 is 11.1 Å². The van der Waals surface area contributed by atoms with Gasteiger partial charge in [-0.3, -0.25) is 14.5 Å². The molecule has 0 bridgehead atoms. The average molecular weight is 456 g/mol. The number of nitrogens with two attached hydrogens (primary N) is 1. The first-order valence-electron chi connectivity index (χ1n) is 10.5. The van der Waals surface area contributed by atoms with Gasteiger partial charge in [0.05, 0.1) is 23.5 Å². The van der Waals surface area contributed by atoms with Gasteiger partial charge >= 0.3 is 0 Å². The minimum atomic E-state index is -0.328. The SMILES string of the molecule is Cc1ncc(-c2cc(C)c3c(N)ncnn23)cc1C(=O)Nc1ccn(Cc2ccc(F)cc2)n1. The summed E-state index contributed by atoms with van der Waals surface area (Å²) in [6, 6.07) is 11.6. The molecule has 1 amide bonds. The summed E-state index contributed by atoms with van der Waals surface area (Å²) in [7, 11) is 0. The van der Waals surface area contributed by atoms with Crippen molar-refractivity contribution in [1.82, 2.24) is 29.4 Å². The van der Waals surface area contributed by atoms with E-state index in [0.717, 1.165) is 27.9 Å². The number of rotatable bonds is 5. The Morgan fingerprint density at radius 1 is 1.12 bits per heavy atom. The maximum absolute atomic E-state index is 13.1. The second-order valence-corrected chi connectivity index (χ2v) is 7.95. The van der Waals surface area contributed by atoms with Crippen LogP contribution in [0.1, 0.15) is 27.2 Å². The van der Waals surface area contributed by atoms with Crippen molar-refractivity contribution in [3.8, 4) is 11.3 Å². The van der Waals surface area contributed by atoms with E-state index < -0.39 is 0 Å². The highest BCUT2D eigenvalue weighted by Gasteiger charge is 2.17. The maximum atomic E-state index is 13.1. The van der Waals surface area contributed by atoms with Crippen LogP contribution in [0, 0.1) is 19.7 Å². The zero-order valence-corrected chi connectivity index (χ0v) is 18.5. The molecular weight excluding hydrogens is 435 g/mol. The number of hydrogen-bond donors (Lipinski definition) is 2. The van der Waals surface area contributed by atoms with E-state index in [2.05, 4.69) is 25.5 Å². The fourth-order valence-corrected chi connectivity index (χ4v) is 3.84. The van der Waals surface area contributed by atoms with Crippen molar-refractivity contribution in [1.29, 1.82) is 0 Å². The number of carbonyl (C=O) groups is 1. The van der Waals surface area contributed by atoms with Crippen molar-refractivity contribution in [2.45, 2.75) is 20.4 Å². The number of fused-ring (bicyclic) bond motifs is 1. The molecule has 5 aromatic rings. The van der Waals surface area contributed by atoms with Crippen molar-refractivity contribution in [3.05, 3.63) is 89.4 Å². The molecule has 0 aliphatic heterocycles. The average Bonchev–Trinajstić information content (AvgIpc) is 3.40. The van der Waals surface area contributed by atoms with Crippen molar-refractivity contribution < 1.29 is 9.18 Å². The predicted octanol–water partition coefficient (Wildman–Crippen LogP) is 3.63. The fourth-order valence-electron chi connectivity index (χ4n) is 3.84. The van der Waals surface area contributed by atoms with Crippen LogP contribution >= 0.6 is 0 Å². The normalized spacial score (nSPS) is 11.1. The quantitative estimate of drug-likeness (QED) is 0.417. The van der Waals surface area contributed by atoms with Gasteiger partial charge in [0, 0.05) is 24.0 Å². The minimum absolute atomic E-state index is 0.289. The lowest BCUT2D eigenvalue weighted by atomic mass is 10.1. The number of benzene rings is 1. The first-order chi connectivity index (χ1) is 16.4. The van der Waals surface area contributed by atoms with E-state index in [1.165, 1.54) is 18.5 Å². The van der Waals surface area contributed by atoms with Gasteiger partial charge in [0.1, 0.15) is 17.7 Å². The summed E-state index contributed by atoms with van der Waals surface area (Å²) in [4.78, 5) is 21.5. The van der Waals surface area contributed by atoms with E-state index in [-0.39, 0.29) is 11.7 Å². The van der Waals surface area contributed by atoms with Gasteiger partial charge in [0.2, 0.25) is 0 Å². The van der Waals surface area contributed by atoms with Gasteiger partial charge in [-0.05, 0) is 49.2 Å². The number of halogens is 1. The van der Waals surface area contributed by atoms with Crippen LogP contribution in [0.3, 0.4) is 0 Å². The number of carbonyl (C=O) groups excluding carboxylic acids is 1. The molecule has 0 spiro atoms. The molecule has 4 aromatic heterocycles. The van der Waals surface area contributed by atoms with Crippen molar-refractivity contribution >= 4 is 23.1 Å². The molecule has 0 radical (unpaired) electrons. The van der Waals surface area contributed by atoms with Crippen LogP contribution in [0.4, 0.5) is 16.0 Å². The second kappa shape index (κ2) is 8.39. The number of amides is 1. The molecule has 0 fully saturated rings. The lowest BCUT2D eigenvalue weighted by molar-refractivity contribution is 0.102. The van der Waals surface area contributed by atoms with E-state index >= 15 is 0 Å². The number of aromatic nitrogens is 6. The standard InChI is InChI=1S/C24H21FN8O/c1-14-9-20(33-22(14)23(26)28-13-29-33)17-10-19(15(2)27-11-17)24(34)30-21-7-8-32(31-21)12-16-3-5-18(25)6-4-16/h3-11,13H,12H2,1-2H3,(H2,26,28,29)(H,30,31,34). The maximum Gasteiger partial charge on any atom is 0.258 e. The number of hydrogen-bond acceptors (Lipinski definition) is 6. The van der Waals surface area contributed by atoms with Crippen LogP contribution in [0.15, 0.2) is 61.2 Å². The molecule has 34 heavy (non-hydrogen) atoms. The Balaban J connectivity index is 1.39. The van der Waals surface area contributed by atoms with Gasteiger partial charge in [-0.15, -0.1) is 0 Å². The largest absolute Gasteiger partial charge is 0.382 e. The summed E-state index contributed by atoms with van der Waals surface area (Å²) < 4.78 is 16.5. The van der Waals surface area contributed by atoms with Gasteiger partial charge in [0.15, 0.2) is 11.6 Å². The Labute approximate surface area is 194 Å². The summed E-state index contributed by atoms with van der Waals surface area (Å²) in [5.74, 6) is 0.169. The topological polar surface area (TPSA) is 116 Å². The van der Waals surface area contributed by atoms with E-state index in [0.29, 0.717) is 29.4 Å². The van der Waals surface area contributed by atoms with Gasteiger partial charge in [-0.25, -0.2) is 13.9 Å². The second-order valence-electron chi connectivity index (χ2n) is 7.95. The molecule has 1 aromatic carbocycles. The smallest absolute Gasteiger partial charge is 0.258 e. The monoisotopic (exact) mass is 456 g/mol. The summed E-state index contributed by atoms with van der Waals surface area (Å²) in [5, 5.41) is 11.5. The van der Waals surface area contributed by atoms with Gasteiger partial charge in [-0.1, -0.05) is 12.1 Å². The third kappa shape index (κ3) is 3.96. The molecule has 3 N–H and O–H groups in total. The summed E-state index contributed by atoms with van der Waals surface area (Å²) in [5.41, 5.74) is 11.0. The molecule has 5 rings (SSSR count). The summed E-state index contributed by atoms with van der Waals surface area (Å²) >= 11 is 0. The first-order valence-corrected chi connectivity index (χ1v) is 10.5. The Morgan fingerprint density at radius 2 is 1.91 bits per heavy atom. The lowest BCUT2D eigenvalue weighted by Gasteiger charge is -2.08. The van der Waals surface area contributed by atoms with Crippen molar-refractivity contribution in [3.63, 3.8) is 0 Å². The molecule has 0 saturated heterocycles. The van der Waals surface area contributed by atoms with Crippen LogP contribution in [-0.2, 0) is 6.54 Å². The number of nitrogen functional groups attached to an aromatic ring is 1. The number of aryl methyl sites for hydroxylation is 2. The first kappa shape index (κ1) is 21.3. The van der Waals surface area contributed by atoms with Crippen molar-refractivity contribution in [2.24, 2.45) is 0 Å². The van der Waals surface area contributed by atoms with E-state index in [1.54, 1.807) is 52.8 Å². The molecule has 4 heterocycles. The third-order valence-electron chi connectivity index (χ3n) is 5.54. The highest BCUT2D eigenvalue weighted by Crippen LogP contribution is 2.28. The van der Waals surface area contributed by atoms with Crippen molar-refractivity contribution in [2.75, 3.05) is 11.1 Å². The number of pyridine rings is 1. The number of nitrogens with zero attached hydrogens (tertiary/aromatic N) is 6. The molecule has 10 heteroatoms. The third-order valence-corrected chi connectivity index (χ3v) is 5.54. The molecule has 0 saturated carbocycles. The lowest BCUT2D eigenvalue weighted by Crippen LogP contribution is -2.15. The number of anilines is 2. The summed E-state index contributed by atoms with van der Waals surface area (Å²) in [6.45, 7) is 4.15. The molecule has 0 aliphatic rings. The molecule has 170 valence electrons. The molecule has 0 aliphatic carbocycles. The van der Waals surface area contributed by atoms with E-state index in [4.69, 9.17) is 5.73 Å². The van der Waals surface area contributed by atoms with Crippen LogP contribution in [0.2, 0.25) is 0 Å². The van der Waals surface area contributed by atoms with Gasteiger partial charge in [-0.2, -0.15) is 10.2 Å². The molecule has 0 unspecified atom stereocenters. The number of nitrogens with one attached hydrogen (secondary N) is 1. The van der Waals surface area contributed by atoms with Crippen LogP contribution in [0.5, 0.6) is 0 Å². The molecule has 9 nitrogen and oxygen atoms in total. The Kier molecular flexibility index (Phi) is 5.25. The highest BCUT2D eigenvalue weighted by atomic mass is 19.1.